The highest BCUT2D eigenvalue weighted by Gasteiger charge is 2.34. The molecule has 1 aromatic carbocycles. The molecule has 0 fully saturated rings. The van der Waals surface area contributed by atoms with Crippen molar-refractivity contribution in [1.82, 2.24) is 9.55 Å². The zero-order valence-corrected chi connectivity index (χ0v) is 12.9. The van der Waals surface area contributed by atoms with Gasteiger partial charge in [-0.25, -0.2) is 4.98 Å². The van der Waals surface area contributed by atoms with Crippen molar-refractivity contribution in [3.8, 4) is 6.07 Å². The SMILES string of the molecule is Cn1cncc1C1=CCC(Nc2ccc(C#N)c(C(F)(F)F)c2)C1. The Morgan fingerprint density at radius 3 is 2.79 bits per heavy atom. The lowest BCUT2D eigenvalue weighted by Crippen LogP contribution is -2.17. The highest BCUT2D eigenvalue weighted by molar-refractivity contribution is 5.66. The van der Waals surface area contributed by atoms with Gasteiger partial charge in [0.25, 0.3) is 0 Å². The van der Waals surface area contributed by atoms with Gasteiger partial charge < -0.3 is 9.88 Å². The summed E-state index contributed by atoms with van der Waals surface area (Å²) in [7, 11) is 1.90. The number of hydrogen-bond acceptors (Lipinski definition) is 3. The molecule has 3 rings (SSSR count). The van der Waals surface area contributed by atoms with Gasteiger partial charge in [-0.1, -0.05) is 6.08 Å². The number of aryl methyl sites for hydroxylation is 1. The van der Waals surface area contributed by atoms with Crippen LogP contribution in [-0.2, 0) is 13.2 Å². The lowest BCUT2D eigenvalue weighted by molar-refractivity contribution is -0.137. The van der Waals surface area contributed by atoms with Crippen LogP contribution in [0.4, 0.5) is 18.9 Å². The van der Waals surface area contributed by atoms with Gasteiger partial charge in [0.2, 0.25) is 0 Å². The smallest absolute Gasteiger partial charge is 0.382 e. The van der Waals surface area contributed by atoms with Crippen LogP contribution >= 0.6 is 0 Å². The summed E-state index contributed by atoms with van der Waals surface area (Å²) in [5.74, 6) is 0. The van der Waals surface area contributed by atoms with Gasteiger partial charge in [0.05, 0.1) is 35.4 Å². The van der Waals surface area contributed by atoms with Gasteiger partial charge in [0.15, 0.2) is 0 Å². The third-order valence-electron chi connectivity index (χ3n) is 4.08. The average molecular weight is 332 g/mol. The number of hydrogen-bond donors (Lipinski definition) is 1. The molecule has 0 bridgehead atoms. The molecule has 0 saturated heterocycles. The maximum absolute atomic E-state index is 13.0. The van der Waals surface area contributed by atoms with E-state index in [4.69, 9.17) is 5.26 Å². The van der Waals surface area contributed by atoms with E-state index in [0.29, 0.717) is 12.1 Å². The second-order valence-corrected chi connectivity index (χ2v) is 5.77. The lowest BCUT2D eigenvalue weighted by atomic mass is 10.1. The van der Waals surface area contributed by atoms with E-state index < -0.39 is 11.7 Å². The molecule has 1 aliphatic carbocycles. The Morgan fingerprint density at radius 2 is 2.17 bits per heavy atom. The molecule has 0 saturated carbocycles. The number of benzene rings is 1. The second-order valence-electron chi connectivity index (χ2n) is 5.77. The summed E-state index contributed by atoms with van der Waals surface area (Å²) in [5, 5.41) is 12.0. The molecule has 124 valence electrons. The molecule has 1 unspecified atom stereocenters. The molecule has 1 N–H and O–H groups in total. The maximum atomic E-state index is 13.0. The number of rotatable bonds is 3. The first-order chi connectivity index (χ1) is 11.4. The largest absolute Gasteiger partial charge is 0.417 e. The first-order valence-corrected chi connectivity index (χ1v) is 7.42. The third-order valence-corrected chi connectivity index (χ3v) is 4.08. The number of nitriles is 1. The van der Waals surface area contributed by atoms with Gasteiger partial charge in [-0.3, -0.25) is 0 Å². The van der Waals surface area contributed by atoms with E-state index in [1.54, 1.807) is 18.6 Å². The number of nitrogens with one attached hydrogen (secondary N) is 1. The number of imidazole rings is 1. The van der Waals surface area contributed by atoms with Crippen molar-refractivity contribution in [2.75, 3.05) is 5.32 Å². The molecule has 2 aromatic rings. The quantitative estimate of drug-likeness (QED) is 0.925. The van der Waals surface area contributed by atoms with Crippen molar-refractivity contribution < 1.29 is 13.2 Å². The van der Waals surface area contributed by atoms with Crippen LogP contribution in [0.3, 0.4) is 0 Å². The molecule has 1 aliphatic rings. The van der Waals surface area contributed by atoms with Crippen molar-refractivity contribution in [2.24, 2.45) is 7.05 Å². The zero-order valence-electron chi connectivity index (χ0n) is 12.9. The van der Waals surface area contributed by atoms with Crippen LogP contribution in [0.2, 0.25) is 0 Å². The van der Waals surface area contributed by atoms with E-state index in [1.807, 2.05) is 11.6 Å². The molecule has 1 atom stereocenters. The van der Waals surface area contributed by atoms with E-state index >= 15 is 0 Å². The molecule has 0 aliphatic heterocycles. The van der Waals surface area contributed by atoms with E-state index in [-0.39, 0.29) is 11.6 Å². The Kier molecular flexibility index (Phi) is 4.06. The summed E-state index contributed by atoms with van der Waals surface area (Å²) < 4.78 is 41.0. The van der Waals surface area contributed by atoms with Gasteiger partial charge in [-0.2, -0.15) is 18.4 Å². The maximum Gasteiger partial charge on any atom is 0.417 e. The van der Waals surface area contributed by atoms with E-state index in [1.165, 1.54) is 12.1 Å². The van der Waals surface area contributed by atoms with Crippen LogP contribution in [0.5, 0.6) is 0 Å². The van der Waals surface area contributed by atoms with E-state index in [0.717, 1.165) is 23.8 Å². The Hall–Kier alpha value is -2.75. The molecule has 0 spiro atoms. The Bertz CT molecular complexity index is 827. The molecule has 1 heterocycles. The number of halogens is 3. The van der Waals surface area contributed by atoms with Crippen LogP contribution in [0.15, 0.2) is 36.8 Å². The fourth-order valence-electron chi connectivity index (χ4n) is 2.90. The molecule has 4 nitrogen and oxygen atoms in total. The molecule has 24 heavy (non-hydrogen) atoms. The predicted octanol–water partition coefficient (Wildman–Crippen LogP) is 3.97. The highest BCUT2D eigenvalue weighted by Crippen LogP contribution is 2.35. The first-order valence-electron chi connectivity index (χ1n) is 7.42. The van der Waals surface area contributed by atoms with Crippen LogP contribution < -0.4 is 5.32 Å². The molecular weight excluding hydrogens is 317 g/mol. The Labute approximate surface area is 137 Å². The Morgan fingerprint density at radius 1 is 1.38 bits per heavy atom. The van der Waals surface area contributed by atoms with Gasteiger partial charge in [-0.15, -0.1) is 0 Å². The molecular formula is C17H15F3N4. The van der Waals surface area contributed by atoms with Crippen LogP contribution in [0.25, 0.3) is 5.57 Å². The number of nitrogens with zero attached hydrogens (tertiary/aromatic N) is 3. The number of alkyl halides is 3. The minimum Gasteiger partial charge on any atom is -0.382 e. The third kappa shape index (κ3) is 3.13. The molecule has 0 amide bonds. The second kappa shape index (κ2) is 6.04. The molecule has 7 heteroatoms. The standard InChI is InChI=1S/C17H15F3N4/c1-24-10-22-9-16(24)11-2-4-13(6-11)23-14-5-3-12(8-21)15(7-14)17(18,19)20/h2-3,5,7,9-10,13,23H,4,6H2,1H3. The van der Waals surface area contributed by atoms with Crippen LogP contribution in [-0.4, -0.2) is 15.6 Å². The predicted molar refractivity (Wildman–Crippen MR) is 84.0 cm³/mol. The first kappa shape index (κ1) is 16.1. The summed E-state index contributed by atoms with van der Waals surface area (Å²) in [5.41, 5.74) is 1.22. The van der Waals surface area contributed by atoms with Crippen molar-refractivity contribution in [1.29, 1.82) is 5.26 Å². The van der Waals surface area contributed by atoms with Crippen LogP contribution in [0, 0.1) is 11.3 Å². The minimum absolute atomic E-state index is 0.0175. The van der Waals surface area contributed by atoms with Gasteiger partial charge >= 0.3 is 6.18 Å². The van der Waals surface area contributed by atoms with E-state index in [2.05, 4.69) is 16.4 Å². The summed E-state index contributed by atoms with van der Waals surface area (Å²) in [4.78, 5) is 4.08. The van der Waals surface area contributed by atoms with Crippen molar-refractivity contribution in [3.63, 3.8) is 0 Å². The lowest BCUT2D eigenvalue weighted by Gasteiger charge is -2.17. The number of aromatic nitrogens is 2. The van der Waals surface area contributed by atoms with Gasteiger partial charge in [0, 0.05) is 18.8 Å². The van der Waals surface area contributed by atoms with Gasteiger partial charge in [-0.05, 0) is 36.6 Å². The monoisotopic (exact) mass is 332 g/mol. The summed E-state index contributed by atoms with van der Waals surface area (Å²) in [6.07, 6.45) is 2.45. The summed E-state index contributed by atoms with van der Waals surface area (Å²) in [6, 6.07) is 5.32. The van der Waals surface area contributed by atoms with Crippen molar-refractivity contribution in [3.05, 3.63) is 53.6 Å². The van der Waals surface area contributed by atoms with Gasteiger partial charge in [0.1, 0.15) is 0 Å². The zero-order chi connectivity index (χ0) is 17.3. The highest BCUT2D eigenvalue weighted by atomic mass is 19.4. The summed E-state index contributed by atoms with van der Waals surface area (Å²) in [6.45, 7) is 0. The van der Waals surface area contributed by atoms with Crippen molar-refractivity contribution >= 4 is 11.3 Å². The average Bonchev–Trinajstić information content (AvgIpc) is 3.15. The molecule has 1 aromatic heterocycles. The fourth-order valence-corrected chi connectivity index (χ4v) is 2.90. The van der Waals surface area contributed by atoms with Crippen molar-refractivity contribution in [2.45, 2.75) is 25.1 Å². The fraction of sp³-hybridized carbons (Fsp3) is 0.294. The minimum atomic E-state index is -4.55. The molecule has 0 radical (unpaired) electrons. The van der Waals surface area contributed by atoms with Crippen LogP contribution in [0.1, 0.15) is 29.7 Å². The normalized spacial score (nSPS) is 17.5. The number of anilines is 1. The Balaban J connectivity index is 1.75. The topological polar surface area (TPSA) is 53.6 Å². The van der Waals surface area contributed by atoms with E-state index in [9.17, 15) is 13.2 Å². The summed E-state index contributed by atoms with van der Waals surface area (Å²) >= 11 is 0.